The van der Waals surface area contributed by atoms with Crippen LogP contribution in [0.15, 0.2) is 0 Å². The van der Waals surface area contributed by atoms with Crippen LogP contribution in [0.1, 0.15) is 94.0 Å². The molecular weight excluding hydrogens is 636 g/mol. The van der Waals surface area contributed by atoms with Crippen LogP contribution in [0.4, 0.5) is 0 Å². The maximum atomic E-state index is 14.2. The zero-order valence-corrected chi connectivity index (χ0v) is 29.5. The fraction of sp³-hybridized carbons (Fsp3) is 0.368. The summed E-state index contributed by atoms with van der Waals surface area (Å²) in [5.41, 5.74) is 16.2. The van der Waals surface area contributed by atoms with Gasteiger partial charge in [0.15, 0.2) is 5.78 Å². The lowest BCUT2D eigenvalue weighted by atomic mass is 9.98. The molecule has 5 heterocycles. The highest BCUT2D eigenvalue weighted by molar-refractivity contribution is 6.21. The Balaban J connectivity index is 1.96. The predicted molar refractivity (Wildman–Crippen MR) is 192 cm³/mol. The number of aliphatic carboxylic acids is 2. The quantitative estimate of drug-likeness (QED) is 0.109. The highest BCUT2D eigenvalue weighted by atomic mass is 16.4. The van der Waals surface area contributed by atoms with Crippen LogP contribution in [0.3, 0.4) is 0 Å². The van der Waals surface area contributed by atoms with Crippen LogP contribution >= 0.6 is 0 Å². The Morgan fingerprint density at radius 3 is 1.84 bits per heavy atom. The molecule has 1 aliphatic rings. The molecule has 0 radical (unpaired) electrons. The fourth-order valence-corrected chi connectivity index (χ4v) is 7.12. The zero-order chi connectivity index (χ0) is 36.4. The molecule has 1 amide bonds. The van der Waals surface area contributed by atoms with E-state index >= 15 is 0 Å². The highest BCUT2D eigenvalue weighted by Gasteiger charge is 2.24. The van der Waals surface area contributed by atoms with Crippen molar-refractivity contribution in [2.75, 3.05) is 13.1 Å². The number of carboxylic acids is 2. The first-order valence-electron chi connectivity index (χ1n) is 17.0. The molecule has 0 unspecified atom stereocenters. The van der Waals surface area contributed by atoms with Crippen molar-refractivity contribution in [3.63, 3.8) is 0 Å². The molecule has 0 atom stereocenters. The molecule has 0 aromatic carbocycles. The summed E-state index contributed by atoms with van der Waals surface area (Å²) in [6.45, 7) is 11.5. The van der Waals surface area contributed by atoms with Gasteiger partial charge in [-0.1, -0.05) is 13.8 Å². The molecule has 0 spiro atoms. The molecule has 50 heavy (non-hydrogen) atoms. The Labute approximate surface area is 289 Å². The second-order valence-corrected chi connectivity index (χ2v) is 12.9. The number of aromatic nitrogens is 4. The van der Waals surface area contributed by atoms with Crippen LogP contribution in [0, 0.1) is 27.7 Å². The zero-order valence-electron chi connectivity index (χ0n) is 29.5. The summed E-state index contributed by atoms with van der Waals surface area (Å²) < 4.78 is 0. The smallest absolute Gasteiger partial charge is 0.303 e. The van der Waals surface area contributed by atoms with Crippen molar-refractivity contribution in [3.8, 4) is 0 Å². The third-order valence-corrected chi connectivity index (χ3v) is 9.89. The van der Waals surface area contributed by atoms with Gasteiger partial charge in [-0.25, -0.2) is 0 Å². The number of carbonyl (C=O) groups excluding carboxylic acids is 2. The van der Waals surface area contributed by atoms with Crippen molar-refractivity contribution < 1.29 is 29.4 Å². The minimum atomic E-state index is -0.907. The number of nitrogens with one attached hydrogen (secondary N) is 5. The Bertz CT molecular complexity index is 2280. The first-order valence-corrected chi connectivity index (χ1v) is 17.0. The van der Waals surface area contributed by atoms with E-state index < -0.39 is 17.8 Å². The van der Waals surface area contributed by atoms with Gasteiger partial charge in [0.1, 0.15) is 0 Å². The lowest BCUT2D eigenvalue weighted by molar-refractivity contribution is -0.138. The average molecular weight is 683 g/mol. The van der Waals surface area contributed by atoms with Crippen LogP contribution in [0.25, 0.3) is 23.8 Å². The molecule has 264 valence electrons. The molecule has 1 aliphatic heterocycles. The van der Waals surface area contributed by atoms with Crippen molar-refractivity contribution >= 4 is 47.4 Å². The normalized spacial score (nSPS) is 12.3. The molecule has 4 aromatic rings. The third-order valence-electron chi connectivity index (χ3n) is 9.89. The van der Waals surface area contributed by atoms with Crippen molar-refractivity contribution in [3.05, 3.63) is 88.7 Å². The summed E-state index contributed by atoms with van der Waals surface area (Å²) in [6.07, 6.45) is 7.69. The van der Waals surface area contributed by atoms with Crippen LogP contribution in [0.2, 0.25) is 0 Å². The molecule has 8 bridgehead atoms. The summed E-state index contributed by atoms with van der Waals surface area (Å²) >= 11 is 0. The van der Waals surface area contributed by atoms with E-state index in [4.69, 9.17) is 5.73 Å². The highest BCUT2D eigenvalue weighted by Crippen LogP contribution is 2.26. The summed E-state index contributed by atoms with van der Waals surface area (Å²) in [5.74, 6) is -2.53. The molecular formula is C38H46N6O6. The number of fused-ring (bicyclic) bond motifs is 8. The Hall–Kier alpha value is -5.36. The average Bonchev–Trinajstić information content (AvgIpc) is 3.74. The maximum absolute atomic E-state index is 14.2. The summed E-state index contributed by atoms with van der Waals surface area (Å²) in [5, 5.41) is 24.8. The lowest BCUT2D eigenvalue weighted by Gasteiger charge is -2.09. The van der Waals surface area contributed by atoms with Gasteiger partial charge in [-0.2, -0.15) is 0 Å². The molecule has 5 rings (SSSR count). The third kappa shape index (κ3) is 6.88. The molecule has 0 saturated heterocycles. The minimum Gasteiger partial charge on any atom is -0.481 e. The Morgan fingerprint density at radius 2 is 1.22 bits per heavy atom. The van der Waals surface area contributed by atoms with Gasteiger partial charge in [0, 0.05) is 46.0 Å². The van der Waals surface area contributed by atoms with E-state index in [-0.39, 0.29) is 31.7 Å². The van der Waals surface area contributed by atoms with Crippen LogP contribution < -0.4 is 32.4 Å². The van der Waals surface area contributed by atoms with Crippen molar-refractivity contribution in [2.45, 2.75) is 80.1 Å². The van der Waals surface area contributed by atoms with Gasteiger partial charge in [-0.3, -0.25) is 19.2 Å². The predicted octanol–water partition coefficient (Wildman–Crippen LogP) is 1.03. The van der Waals surface area contributed by atoms with Gasteiger partial charge in [0.25, 0.3) is 0 Å². The molecule has 12 heteroatoms. The number of carbonyl (C=O) groups is 4. The van der Waals surface area contributed by atoms with Crippen molar-refractivity contribution in [1.82, 2.24) is 25.3 Å². The van der Waals surface area contributed by atoms with E-state index in [9.17, 15) is 29.4 Å². The van der Waals surface area contributed by atoms with Crippen LogP contribution in [-0.4, -0.2) is 66.9 Å². The topological polar surface area (TPSA) is 210 Å². The number of rotatable bonds is 12. The standard InChI is InChI=1S/C38H46N6O6/c1-7-22-21(6)37-36(32(45)17-40-33(46)16-39)38-23(8-2)18(3)28(43-38)13-26-19(4)24(9-11-34(47)48)30(41-26)15-31-25(10-12-35(49)50)20(5)27(42-31)14-29(22)44-37/h13-15,41-44H,7-12,16-17,39H2,1-6H3,(H,40,46)(H,47,48)(H,49,50). The lowest BCUT2D eigenvalue weighted by Crippen LogP contribution is -2.36. The number of aromatic amines is 4. The second kappa shape index (κ2) is 14.6. The van der Waals surface area contributed by atoms with E-state index in [1.54, 1.807) is 0 Å². The number of H-pyrrole nitrogens is 4. The van der Waals surface area contributed by atoms with Gasteiger partial charge in [-0.05, 0) is 116 Å². The number of hydrogen-bond donors (Lipinski definition) is 8. The summed E-state index contributed by atoms with van der Waals surface area (Å²) in [6, 6.07) is 0. The number of Topliss-reactive ketones (excluding diaryl/α,β-unsaturated/α-hetero) is 1. The summed E-state index contributed by atoms with van der Waals surface area (Å²) in [4.78, 5) is 63.9. The number of amides is 1. The minimum absolute atomic E-state index is 0.0608. The van der Waals surface area contributed by atoms with E-state index in [2.05, 4.69) is 32.2 Å². The van der Waals surface area contributed by atoms with E-state index in [0.717, 1.165) is 77.6 Å². The van der Waals surface area contributed by atoms with Crippen LogP contribution in [-0.2, 0) is 44.9 Å². The molecule has 12 nitrogen and oxygen atoms in total. The van der Waals surface area contributed by atoms with Gasteiger partial charge in [-0.15, -0.1) is 0 Å². The van der Waals surface area contributed by atoms with E-state index in [0.29, 0.717) is 42.3 Å². The summed E-state index contributed by atoms with van der Waals surface area (Å²) in [7, 11) is 0. The van der Waals surface area contributed by atoms with E-state index in [1.807, 2.05) is 52.8 Å². The van der Waals surface area contributed by atoms with Crippen LogP contribution in [0.5, 0.6) is 0 Å². The SMILES string of the molecule is CCc1c2[nH]c(c1C)C(C(=O)CNC(=O)CN)=c1[nH]c(c(C)c1CC)=Cc1[nH]c(c(CCC(=O)O)c1C)C=c1[nH]c(c(C)c1CCC(=O)O)=C2. The van der Waals surface area contributed by atoms with Crippen molar-refractivity contribution in [1.29, 1.82) is 0 Å². The fourth-order valence-electron chi connectivity index (χ4n) is 7.12. The van der Waals surface area contributed by atoms with Gasteiger partial charge in [0.2, 0.25) is 5.91 Å². The molecule has 9 N–H and O–H groups in total. The Morgan fingerprint density at radius 1 is 0.660 bits per heavy atom. The number of ketones is 1. The largest absolute Gasteiger partial charge is 0.481 e. The number of carboxylic acid groups (broad SMARTS) is 2. The number of hydrogen-bond acceptors (Lipinski definition) is 5. The van der Waals surface area contributed by atoms with Gasteiger partial charge in [0.05, 0.1) is 29.7 Å². The maximum Gasteiger partial charge on any atom is 0.303 e. The Kier molecular flexibility index (Phi) is 10.5. The molecule has 4 aromatic heterocycles. The van der Waals surface area contributed by atoms with Crippen molar-refractivity contribution in [2.24, 2.45) is 5.73 Å². The monoisotopic (exact) mass is 682 g/mol. The van der Waals surface area contributed by atoms with Gasteiger partial charge >= 0.3 is 11.9 Å². The molecule has 0 saturated carbocycles. The second-order valence-electron chi connectivity index (χ2n) is 12.9. The first kappa shape index (κ1) is 35.9. The van der Waals surface area contributed by atoms with Gasteiger partial charge < -0.3 is 41.2 Å². The first-order chi connectivity index (χ1) is 23.8. The molecule has 0 aliphatic carbocycles. The number of nitrogens with two attached hydrogens (primary N) is 1. The molecule has 0 fully saturated rings. The van der Waals surface area contributed by atoms with E-state index in [1.165, 1.54) is 0 Å².